The summed E-state index contributed by atoms with van der Waals surface area (Å²) in [6, 6.07) is 0. The molecule has 1 fully saturated rings. The Kier molecular flexibility index (Phi) is 7.31. The van der Waals surface area contributed by atoms with E-state index in [-0.39, 0.29) is 24.5 Å². The largest absolute Gasteiger partial charge is 0.390 e. The van der Waals surface area contributed by atoms with Crippen LogP contribution in [0.1, 0.15) is 33.1 Å². The zero-order valence-corrected chi connectivity index (χ0v) is 13.2. The number of amides is 1. The van der Waals surface area contributed by atoms with Crippen LogP contribution in [-0.2, 0) is 14.3 Å². The predicted molar refractivity (Wildman–Crippen MR) is 78.6 cm³/mol. The molecule has 1 saturated heterocycles. The SMILES string of the molecule is C[C@H](CC/C=C/C(=O)N(C)C)O[C@@H]1O[C@@H](C)[C@H](O)C[C@H]1O. The summed E-state index contributed by atoms with van der Waals surface area (Å²) in [5.74, 6) is -0.0441. The minimum Gasteiger partial charge on any atom is -0.390 e. The first-order chi connectivity index (χ1) is 9.81. The van der Waals surface area contributed by atoms with E-state index in [9.17, 15) is 15.0 Å². The Morgan fingerprint density at radius 2 is 2.10 bits per heavy atom. The highest BCUT2D eigenvalue weighted by molar-refractivity contribution is 5.87. The summed E-state index contributed by atoms with van der Waals surface area (Å²) < 4.78 is 11.1. The molecule has 0 bridgehead atoms. The van der Waals surface area contributed by atoms with Crippen molar-refractivity contribution in [3.8, 4) is 0 Å². The molecule has 6 heteroatoms. The number of carbonyl (C=O) groups excluding carboxylic acids is 1. The second-order valence-electron chi connectivity index (χ2n) is 5.74. The Morgan fingerprint density at radius 1 is 1.43 bits per heavy atom. The maximum absolute atomic E-state index is 11.3. The number of carbonyl (C=O) groups is 1. The van der Waals surface area contributed by atoms with Crippen molar-refractivity contribution in [2.24, 2.45) is 0 Å². The summed E-state index contributed by atoms with van der Waals surface area (Å²) >= 11 is 0. The Bertz CT molecular complexity index is 358. The molecular formula is C15H27NO5. The normalized spacial score (nSPS) is 31.3. The quantitative estimate of drug-likeness (QED) is 0.705. The molecule has 1 aliphatic rings. The summed E-state index contributed by atoms with van der Waals surface area (Å²) in [5.41, 5.74) is 0. The number of ether oxygens (including phenoxy) is 2. The van der Waals surface area contributed by atoms with E-state index in [0.717, 1.165) is 6.42 Å². The fourth-order valence-electron chi connectivity index (χ4n) is 2.03. The minimum atomic E-state index is -0.815. The summed E-state index contributed by atoms with van der Waals surface area (Å²) in [7, 11) is 3.41. The third-order valence-electron chi connectivity index (χ3n) is 3.50. The van der Waals surface area contributed by atoms with Crippen molar-refractivity contribution in [2.75, 3.05) is 14.1 Å². The van der Waals surface area contributed by atoms with Gasteiger partial charge in [0.1, 0.15) is 6.10 Å². The van der Waals surface area contributed by atoms with E-state index in [2.05, 4.69) is 0 Å². The third kappa shape index (κ3) is 6.13. The monoisotopic (exact) mass is 301 g/mol. The van der Waals surface area contributed by atoms with E-state index in [1.54, 1.807) is 21.0 Å². The van der Waals surface area contributed by atoms with Gasteiger partial charge in [-0.05, 0) is 32.8 Å². The lowest BCUT2D eigenvalue weighted by Gasteiger charge is -2.36. The number of allylic oxidation sites excluding steroid dienone is 1. The van der Waals surface area contributed by atoms with Gasteiger partial charge in [-0.15, -0.1) is 0 Å². The van der Waals surface area contributed by atoms with Crippen molar-refractivity contribution in [3.63, 3.8) is 0 Å². The number of aliphatic hydroxyl groups excluding tert-OH is 2. The zero-order chi connectivity index (χ0) is 16.0. The molecule has 0 aromatic rings. The highest BCUT2D eigenvalue weighted by Crippen LogP contribution is 2.22. The molecule has 0 spiro atoms. The van der Waals surface area contributed by atoms with Crippen LogP contribution in [0.4, 0.5) is 0 Å². The number of aliphatic hydroxyl groups is 2. The van der Waals surface area contributed by atoms with Crippen LogP contribution >= 0.6 is 0 Å². The molecule has 5 atom stereocenters. The van der Waals surface area contributed by atoms with Crippen LogP contribution in [0.2, 0.25) is 0 Å². The maximum atomic E-state index is 11.3. The Labute approximate surface area is 126 Å². The van der Waals surface area contributed by atoms with Crippen molar-refractivity contribution < 1.29 is 24.5 Å². The third-order valence-corrected chi connectivity index (χ3v) is 3.50. The summed E-state index contributed by atoms with van der Waals surface area (Å²) in [6.45, 7) is 3.65. The van der Waals surface area contributed by atoms with Crippen molar-refractivity contribution in [1.82, 2.24) is 4.90 Å². The zero-order valence-electron chi connectivity index (χ0n) is 13.2. The first kappa shape index (κ1) is 18.1. The fourth-order valence-corrected chi connectivity index (χ4v) is 2.03. The predicted octanol–water partition coefficient (Wildman–Crippen LogP) is 0.673. The summed E-state index contributed by atoms with van der Waals surface area (Å²) in [4.78, 5) is 12.9. The molecule has 0 aliphatic carbocycles. The van der Waals surface area contributed by atoms with Gasteiger partial charge < -0.3 is 24.6 Å². The standard InChI is InChI=1S/C15H27NO5/c1-10(7-5-6-8-14(19)16(3)4)20-15-13(18)9-12(17)11(2)21-15/h6,8,10-13,15,17-18H,5,7,9H2,1-4H3/b8-6+/t10-,11+,12-,13-,15-/m1/s1. The number of hydrogen-bond donors (Lipinski definition) is 2. The van der Waals surface area contributed by atoms with Gasteiger partial charge in [0.05, 0.1) is 18.3 Å². The Hall–Kier alpha value is -0.950. The second-order valence-corrected chi connectivity index (χ2v) is 5.74. The van der Waals surface area contributed by atoms with Crippen LogP contribution in [-0.4, -0.2) is 65.8 Å². The molecule has 1 aliphatic heterocycles. The highest BCUT2D eigenvalue weighted by Gasteiger charge is 2.35. The van der Waals surface area contributed by atoms with E-state index in [4.69, 9.17) is 9.47 Å². The van der Waals surface area contributed by atoms with E-state index in [1.807, 2.05) is 13.0 Å². The van der Waals surface area contributed by atoms with Gasteiger partial charge in [-0.25, -0.2) is 0 Å². The molecule has 0 aromatic heterocycles. The highest BCUT2D eigenvalue weighted by atomic mass is 16.7. The van der Waals surface area contributed by atoms with Crippen LogP contribution in [0, 0.1) is 0 Å². The molecule has 6 nitrogen and oxygen atoms in total. The fraction of sp³-hybridized carbons (Fsp3) is 0.800. The topological polar surface area (TPSA) is 79.2 Å². The van der Waals surface area contributed by atoms with Gasteiger partial charge in [0, 0.05) is 20.5 Å². The van der Waals surface area contributed by atoms with Crippen molar-refractivity contribution in [2.45, 2.75) is 63.8 Å². The first-order valence-electron chi connectivity index (χ1n) is 7.36. The van der Waals surface area contributed by atoms with E-state index in [1.165, 1.54) is 11.0 Å². The molecule has 1 rings (SSSR count). The van der Waals surface area contributed by atoms with Crippen LogP contribution in [0.25, 0.3) is 0 Å². The molecule has 0 saturated carbocycles. The average Bonchev–Trinajstić information content (AvgIpc) is 2.40. The van der Waals surface area contributed by atoms with Crippen LogP contribution < -0.4 is 0 Å². The van der Waals surface area contributed by atoms with Crippen molar-refractivity contribution in [3.05, 3.63) is 12.2 Å². The number of likely N-dealkylation sites (N-methyl/N-ethyl adjacent to an activating group) is 1. The summed E-state index contributed by atoms with van der Waals surface area (Å²) in [6.07, 6.45) is 2.42. The molecule has 2 N–H and O–H groups in total. The lowest BCUT2D eigenvalue weighted by molar-refractivity contribution is -0.273. The lowest BCUT2D eigenvalue weighted by Crippen LogP contribution is -2.48. The van der Waals surface area contributed by atoms with Crippen molar-refractivity contribution in [1.29, 1.82) is 0 Å². The number of hydrogen-bond acceptors (Lipinski definition) is 5. The lowest BCUT2D eigenvalue weighted by atomic mass is 10.0. The molecule has 0 radical (unpaired) electrons. The average molecular weight is 301 g/mol. The molecule has 21 heavy (non-hydrogen) atoms. The minimum absolute atomic E-state index is 0.0441. The molecule has 0 unspecified atom stereocenters. The van der Waals surface area contributed by atoms with Gasteiger partial charge in [-0.2, -0.15) is 0 Å². The van der Waals surface area contributed by atoms with Crippen LogP contribution in [0.15, 0.2) is 12.2 Å². The van der Waals surface area contributed by atoms with E-state index >= 15 is 0 Å². The van der Waals surface area contributed by atoms with Gasteiger partial charge in [0.15, 0.2) is 6.29 Å². The molecule has 0 aromatic carbocycles. The van der Waals surface area contributed by atoms with Gasteiger partial charge in [-0.1, -0.05) is 6.08 Å². The smallest absolute Gasteiger partial charge is 0.245 e. The Morgan fingerprint density at radius 3 is 2.71 bits per heavy atom. The summed E-state index contributed by atoms with van der Waals surface area (Å²) in [5, 5.41) is 19.4. The van der Waals surface area contributed by atoms with Crippen LogP contribution in [0.5, 0.6) is 0 Å². The first-order valence-corrected chi connectivity index (χ1v) is 7.36. The number of rotatable bonds is 6. The molecular weight excluding hydrogens is 274 g/mol. The van der Waals surface area contributed by atoms with Gasteiger partial charge >= 0.3 is 0 Å². The molecule has 1 heterocycles. The van der Waals surface area contributed by atoms with Crippen LogP contribution in [0.3, 0.4) is 0 Å². The second kappa shape index (κ2) is 8.48. The number of nitrogens with zero attached hydrogens (tertiary/aromatic N) is 1. The van der Waals surface area contributed by atoms with E-state index < -0.39 is 18.5 Å². The molecule has 1 amide bonds. The Balaban J connectivity index is 2.30. The maximum Gasteiger partial charge on any atom is 0.245 e. The van der Waals surface area contributed by atoms with Gasteiger partial charge in [-0.3, -0.25) is 4.79 Å². The van der Waals surface area contributed by atoms with Gasteiger partial charge in [0.2, 0.25) is 5.91 Å². The molecule has 122 valence electrons. The van der Waals surface area contributed by atoms with Crippen molar-refractivity contribution >= 4 is 5.91 Å². The van der Waals surface area contributed by atoms with E-state index in [0.29, 0.717) is 6.42 Å². The van der Waals surface area contributed by atoms with Gasteiger partial charge in [0.25, 0.3) is 0 Å².